The van der Waals surface area contributed by atoms with E-state index in [9.17, 15) is 4.79 Å². The summed E-state index contributed by atoms with van der Waals surface area (Å²) in [6.07, 6.45) is 0. The number of aryl methyl sites for hydroxylation is 1. The molecule has 1 saturated heterocycles. The SMILES string of the molecule is Cc1cc(N2CCOCC2C(N)=O)nc(C(C)C)n1. The maximum Gasteiger partial charge on any atom is 0.242 e. The largest absolute Gasteiger partial charge is 0.377 e. The van der Waals surface area contributed by atoms with E-state index in [4.69, 9.17) is 10.5 Å². The minimum Gasteiger partial charge on any atom is -0.377 e. The van der Waals surface area contributed by atoms with Crippen LogP contribution in [0.4, 0.5) is 5.82 Å². The Balaban J connectivity index is 2.35. The number of nitrogens with zero attached hydrogens (tertiary/aromatic N) is 3. The monoisotopic (exact) mass is 264 g/mol. The highest BCUT2D eigenvalue weighted by Crippen LogP contribution is 2.20. The van der Waals surface area contributed by atoms with Gasteiger partial charge in [0.15, 0.2) is 0 Å². The third-order valence-electron chi connectivity index (χ3n) is 3.13. The Morgan fingerprint density at radius 3 is 2.89 bits per heavy atom. The van der Waals surface area contributed by atoms with Crippen LogP contribution in [0.2, 0.25) is 0 Å². The molecule has 0 saturated carbocycles. The average Bonchev–Trinajstić information content (AvgIpc) is 2.37. The Bertz CT molecular complexity index is 476. The number of hydrogen-bond acceptors (Lipinski definition) is 5. The molecule has 2 rings (SSSR count). The molecule has 0 spiro atoms. The number of rotatable bonds is 3. The van der Waals surface area contributed by atoms with Gasteiger partial charge in [0.05, 0.1) is 13.2 Å². The molecule has 1 amide bonds. The maximum absolute atomic E-state index is 11.5. The summed E-state index contributed by atoms with van der Waals surface area (Å²) in [4.78, 5) is 22.4. The molecule has 1 aromatic rings. The third-order valence-corrected chi connectivity index (χ3v) is 3.13. The van der Waals surface area contributed by atoms with E-state index in [2.05, 4.69) is 9.97 Å². The fourth-order valence-corrected chi connectivity index (χ4v) is 2.09. The summed E-state index contributed by atoms with van der Waals surface area (Å²) in [5.74, 6) is 1.39. The minimum atomic E-state index is -0.455. The van der Waals surface area contributed by atoms with Crippen LogP contribution < -0.4 is 10.6 Å². The number of anilines is 1. The van der Waals surface area contributed by atoms with Crippen molar-refractivity contribution in [3.63, 3.8) is 0 Å². The zero-order valence-corrected chi connectivity index (χ0v) is 11.6. The minimum absolute atomic E-state index is 0.242. The van der Waals surface area contributed by atoms with Crippen molar-refractivity contribution < 1.29 is 9.53 Å². The smallest absolute Gasteiger partial charge is 0.242 e. The fourth-order valence-electron chi connectivity index (χ4n) is 2.09. The first-order valence-electron chi connectivity index (χ1n) is 6.48. The quantitative estimate of drug-likeness (QED) is 0.864. The first kappa shape index (κ1) is 13.7. The molecule has 0 radical (unpaired) electrons. The van der Waals surface area contributed by atoms with E-state index in [0.29, 0.717) is 19.8 Å². The van der Waals surface area contributed by atoms with Gasteiger partial charge < -0.3 is 15.4 Å². The second-order valence-corrected chi connectivity index (χ2v) is 5.07. The van der Waals surface area contributed by atoms with Gasteiger partial charge in [-0.25, -0.2) is 9.97 Å². The summed E-state index contributed by atoms with van der Waals surface area (Å²) < 4.78 is 5.32. The molecule has 6 heteroatoms. The van der Waals surface area contributed by atoms with E-state index in [0.717, 1.165) is 17.3 Å². The number of hydrogen-bond donors (Lipinski definition) is 1. The first-order valence-corrected chi connectivity index (χ1v) is 6.48. The summed E-state index contributed by atoms with van der Waals surface area (Å²) in [5, 5.41) is 0. The summed E-state index contributed by atoms with van der Waals surface area (Å²) in [7, 11) is 0. The van der Waals surface area contributed by atoms with Crippen molar-refractivity contribution in [2.75, 3.05) is 24.7 Å². The number of carbonyl (C=O) groups is 1. The van der Waals surface area contributed by atoms with E-state index >= 15 is 0 Å². The first-order chi connectivity index (χ1) is 8.99. The lowest BCUT2D eigenvalue weighted by atomic mass is 10.2. The highest BCUT2D eigenvalue weighted by atomic mass is 16.5. The summed E-state index contributed by atoms with van der Waals surface area (Å²) in [5.41, 5.74) is 6.32. The predicted octanol–water partition coefficient (Wildman–Crippen LogP) is 0.599. The van der Waals surface area contributed by atoms with Crippen molar-refractivity contribution in [2.24, 2.45) is 5.73 Å². The molecule has 6 nitrogen and oxygen atoms in total. The van der Waals surface area contributed by atoms with Gasteiger partial charge in [-0.15, -0.1) is 0 Å². The van der Waals surface area contributed by atoms with Crippen molar-refractivity contribution in [1.82, 2.24) is 9.97 Å². The van der Waals surface area contributed by atoms with E-state index in [1.807, 2.05) is 31.7 Å². The molecule has 104 valence electrons. The van der Waals surface area contributed by atoms with Crippen molar-refractivity contribution >= 4 is 11.7 Å². The normalized spacial score (nSPS) is 19.8. The lowest BCUT2D eigenvalue weighted by Crippen LogP contribution is -2.53. The van der Waals surface area contributed by atoms with Gasteiger partial charge in [0.25, 0.3) is 0 Å². The van der Waals surface area contributed by atoms with Crippen LogP contribution in [0.1, 0.15) is 31.3 Å². The second-order valence-electron chi connectivity index (χ2n) is 5.07. The van der Waals surface area contributed by atoms with Gasteiger partial charge in [0, 0.05) is 24.2 Å². The van der Waals surface area contributed by atoms with Crippen LogP contribution in [0.15, 0.2) is 6.07 Å². The lowest BCUT2D eigenvalue weighted by Gasteiger charge is -2.34. The number of amides is 1. The molecule has 2 heterocycles. The van der Waals surface area contributed by atoms with Crippen LogP contribution in [0.5, 0.6) is 0 Å². The van der Waals surface area contributed by atoms with Crippen LogP contribution >= 0.6 is 0 Å². The lowest BCUT2D eigenvalue weighted by molar-refractivity contribution is -0.121. The highest BCUT2D eigenvalue weighted by molar-refractivity contribution is 5.83. The number of carbonyl (C=O) groups excluding carboxylic acids is 1. The second kappa shape index (κ2) is 5.52. The van der Waals surface area contributed by atoms with Crippen LogP contribution in [0, 0.1) is 6.92 Å². The van der Waals surface area contributed by atoms with Crippen molar-refractivity contribution in [3.8, 4) is 0 Å². The van der Waals surface area contributed by atoms with Crippen molar-refractivity contribution in [3.05, 3.63) is 17.6 Å². The predicted molar refractivity (Wildman–Crippen MR) is 72.0 cm³/mol. The maximum atomic E-state index is 11.5. The Labute approximate surface area is 113 Å². The number of primary amides is 1. The van der Waals surface area contributed by atoms with Gasteiger partial charge in [0.2, 0.25) is 5.91 Å². The van der Waals surface area contributed by atoms with Gasteiger partial charge in [-0.1, -0.05) is 13.8 Å². The zero-order chi connectivity index (χ0) is 14.0. The number of nitrogens with two attached hydrogens (primary N) is 1. The Morgan fingerprint density at radius 2 is 2.26 bits per heavy atom. The van der Waals surface area contributed by atoms with Crippen LogP contribution in [0.3, 0.4) is 0 Å². The van der Waals surface area contributed by atoms with Gasteiger partial charge in [-0.3, -0.25) is 4.79 Å². The summed E-state index contributed by atoms with van der Waals surface area (Å²) in [6.45, 7) is 7.52. The van der Waals surface area contributed by atoms with E-state index in [-0.39, 0.29) is 11.8 Å². The third kappa shape index (κ3) is 3.01. The van der Waals surface area contributed by atoms with Gasteiger partial charge in [0.1, 0.15) is 17.7 Å². The van der Waals surface area contributed by atoms with E-state index < -0.39 is 6.04 Å². The molecule has 2 N–H and O–H groups in total. The number of ether oxygens (including phenoxy) is 1. The Hall–Kier alpha value is -1.69. The number of morpholine rings is 1. The molecular weight excluding hydrogens is 244 g/mol. The van der Waals surface area contributed by atoms with Crippen LogP contribution in [-0.4, -0.2) is 41.7 Å². The molecule has 0 aliphatic carbocycles. The van der Waals surface area contributed by atoms with E-state index in [1.165, 1.54) is 0 Å². The molecule has 1 fully saturated rings. The fraction of sp³-hybridized carbons (Fsp3) is 0.615. The molecule has 0 aromatic carbocycles. The number of aromatic nitrogens is 2. The van der Waals surface area contributed by atoms with Crippen molar-refractivity contribution in [1.29, 1.82) is 0 Å². The molecule has 1 atom stereocenters. The van der Waals surface area contributed by atoms with E-state index in [1.54, 1.807) is 0 Å². The van der Waals surface area contributed by atoms with Crippen molar-refractivity contribution in [2.45, 2.75) is 32.7 Å². The topological polar surface area (TPSA) is 81.3 Å². The van der Waals surface area contributed by atoms with Crippen LogP contribution in [-0.2, 0) is 9.53 Å². The molecule has 0 bridgehead atoms. The summed E-state index contributed by atoms with van der Waals surface area (Å²) >= 11 is 0. The molecule has 1 aliphatic heterocycles. The standard InChI is InChI=1S/C13H20N4O2/c1-8(2)13-15-9(3)6-11(16-13)17-4-5-19-7-10(17)12(14)18/h6,8,10H,4-5,7H2,1-3H3,(H2,14,18). The Kier molecular flexibility index (Phi) is 3.99. The molecule has 19 heavy (non-hydrogen) atoms. The summed E-state index contributed by atoms with van der Waals surface area (Å²) in [6, 6.07) is 1.43. The molecule has 1 aliphatic rings. The molecule has 1 unspecified atom stereocenters. The van der Waals surface area contributed by atoms with Gasteiger partial charge >= 0.3 is 0 Å². The molecular formula is C13H20N4O2. The molecule has 1 aromatic heterocycles. The zero-order valence-electron chi connectivity index (χ0n) is 11.6. The average molecular weight is 264 g/mol. The Morgan fingerprint density at radius 1 is 1.53 bits per heavy atom. The highest BCUT2D eigenvalue weighted by Gasteiger charge is 2.29. The van der Waals surface area contributed by atoms with Gasteiger partial charge in [-0.05, 0) is 6.92 Å². The van der Waals surface area contributed by atoms with Gasteiger partial charge in [-0.2, -0.15) is 0 Å². The van der Waals surface area contributed by atoms with Crippen LogP contribution in [0.25, 0.3) is 0 Å².